The van der Waals surface area contributed by atoms with Crippen LogP contribution in [-0.4, -0.2) is 17.3 Å². The van der Waals surface area contributed by atoms with Crippen LogP contribution in [0.15, 0.2) is 0 Å². The lowest BCUT2D eigenvalue weighted by Crippen LogP contribution is -2.78. The highest BCUT2D eigenvalue weighted by atomic mass is 79.9. The van der Waals surface area contributed by atoms with Gasteiger partial charge in [-0.05, 0) is 51.4 Å². The van der Waals surface area contributed by atoms with Crippen LogP contribution < -0.4 is 0 Å². The molecule has 2 atom stereocenters. The van der Waals surface area contributed by atoms with Gasteiger partial charge >= 0.3 is 0 Å². The third-order valence-electron chi connectivity index (χ3n) is 7.85. The van der Waals surface area contributed by atoms with Gasteiger partial charge in [-0.2, -0.15) is 0 Å². The van der Waals surface area contributed by atoms with E-state index in [1.807, 2.05) is 0 Å². The molecule has 5 aliphatic carbocycles. The van der Waals surface area contributed by atoms with Crippen molar-refractivity contribution in [1.82, 2.24) is 0 Å². The molecule has 4 heteroatoms. The molecular weight excluding hydrogens is 512 g/mol. The van der Waals surface area contributed by atoms with Crippen LogP contribution in [0.5, 0.6) is 0 Å². The summed E-state index contributed by atoms with van der Waals surface area (Å²) < 4.78 is 1.60. The highest BCUT2D eigenvalue weighted by Crippen LogP contribution is 2.93. The van der Waals surface area contributed by atoms with Crippen molar-refractivity contribution in [1.29, 1.82) is 0 Å². The summed E-state index contributed by atoms with van der Waals surface area (Å²) in [7, 11) is 0. The molecule has 5 aliphatic rings. The number of rotatable bonds is 0. The van der Waals surface area contributed by atoms with E-state index in [2.05, 4.69) is 63.7 Å². The normalized spacial score (nSPS) is 70.2. The van der Waals surface area contributed by atoms with Crippen molar-refractivity contribution in [3.8, 4) is 0 Å². The van der Waals surface area contributed by atoms with Crippen LogP contribution in [0.2, 0.25) is 0 Å². The monoisotopic (exact) mass is 528 g/mol. The van der Waals surface area contributed by atoms with Gasteiger partial charge in [-0.1, -0.05) is 76.6 Å². The van der Waals surface area contributed by atoms with E-state index < -0.39 is 0 Å². The lowest BCUT2D eigenvalue weighted by molar-refractivity contribution is -0.116. The molecule has 0 amide bonds. The molecule has 0 aromatic carbocycles. The number of alkyl halides is 4. The molecule has 0 unspecified atom stereocenters. The van der Waals surface area contributed by atoms with Crippen molar-refractivity contribution in [2.24, 2.45) is 10.8 Å². The molecule has 5 rings (SSSR count). The minimum Gasteiger partial charge on any atom is -0.0853 e. The molecule has 112 valence electrons. The summed E-state index contributed by atoms with van der Waals surface area (Å²) in [4.78, 5) is 0. The predicted octanol–water partition coefficient (Wildman–Crippen LogP) is 6.46. The average Bonchev–Trinajstić information content (AvgIpc) is 2.61. The van der Waals surface area contributed by atoms with Gasteiger partial charge < -0.3 is 0 Å². The lowest BCUT2D eigenvalue weighted by atomic mass is 9.38. The molecular formula is C16H20Br4. The van der Waals surface area contributed by atoms with Crippen LogP contribution in [-0.2, 0) is 0 Å². The summed E-state index contributed by atoms with van der Waals surface area (Å²) in [5.74, 6) is 0. The van der Waals surface area contributed by atoms with Crippen LogP contribution in [0.25, 0.3) is 0 Å². The van der Waals surface area contributed by atoms with E-state index in [0.717, 1.165) is 0 Å². The molecule has 0 radical (unpaired) electrons. The van der Waals surface area contributed by atoms with Crippen molar-refractivity contribution in [2.45, 2.75) is 81.5 Å². The summed E-state index contributed by atoms with van der Waals surface area (Å²) >= 11 is 17.1. The van der Waals surface area contributed by atoms with E-state index in [-0.39, 0.29) is 0 Å². The summed E-state index contributed by atoms with van der Waals surface area (Å²) in [6, 6.07) is 0. The zero-order valence-corrected chi connectivity index (χ0v) is 17.9. The number of hydrogen-bond donors (Lipinski definition) is 0. The van der Waals surface area contributed by atoms with E-state index >= 15 is 0 Å². The van der Waals surface area contributed by atoms with E-state index in [1.165, 1.54) is 64.2 Å². The van der Waals surface area contributed by atoms with Gasteiger partial charge in [-0.15, -0.1) is 0 Å². The van der Waals surface area contributed by atoms with Crippen LogP contribution in [0.3, 0.4) is 0 Å². The molecule has 0 saturated heterocycles. The summed E-state index contributed by atoms with van der Waals surface area (Å²) in [5.41, 5.74) is 0.975. The summed E-state index contributed by atoms with van der Waals surface area (Å²) in [6.07, 6.45) is 13.8. The van der Waals surface area contributed by atoms with Gasteiger partial charge in [0.1, 0.15) is 0 Å². The van der Waals surface area contributed by atoms with Crippen LogP contribution in [0, 0.1) is 10.8 Å². The lowest BCUT2D eigenvalue weighted by Gasteiger charge is -2.75. The van der Waals surface area contributed by atoms with E-state index in [0.29, 0.717) is 28.1 Å². The van der Waals surface area contributed by atoms with Crippen molar-refractivity contribution in [3.63, 3.8) is 0 Å². The van der Waals surface area contributed by atoms with Gasteiger partial charge in [0.05, 0.1) is 0 Å². The first-order valence-corrected chi connectivity index (χ1v) is 11.2. The fourth-order valence-corrected chi connectivity index (χ4v) is 15.0. The SMILES string of the molecule is BrC12C[C@@]3(Br)CCCC1(C3)C1(Br)C[C@@]3(Br)CCCC21C3. The van der Waals surface area contributed by atoms with Gasteiger partial charge in [0.25, 0.3) is 0 Å². The molecule has 0 nitrogen and oxygen atoms in total. The minimum atomic E-state index is 0.381. The second-order valence-corrected chi connectivity index (χ2v) is 14.6. The molecule has 0 N–H and O–H groups in total. The minimum absolute atomic E-state index is 0.381. The summed E-state index contributed by atoms with van der Waals surface area (Å²) in [5, 5.41) is 0. The first-order chi connectivity index (χ1) is 9.24. The first-order valence-electron chi connectivity index (χ1n) is 8.00. The largest absolute Gasteiger partial charge is 0.0853 e. The van der Waals surface area contributed by atoms with Crippen molar-refractivity contribution >= 4 is 63.7 Å². The Balaban J connectivity index is 1.73. The van der Waals surface area contributed by atoms with Crippen molar-refractivity contribution < 1.29 is 0 Å². The second-order valence-electron chi connectivity index (χ2n) is 8.48. The van der Waals surface area contributed by atoms with Crippen LogP contribution >= 0.6 is 63.7 Å². The smallest absolute Gasteiger partial charge is 0.0411 e. The molecule has 5 saturated carbocycles. The zero-order chi connectivity index (χ0) is 14.1. The van der Waals surface area contributed by atoms with Gasteiger partial charge in [-0.3, -0.25) is 0 Å². The van der Waals surface area contributed by atoms with E-state index in [4.69, 9.17) is 0 Å². The van der Waals surface area contributed by atoms with Gasteiger partial charge in [-0.25, -0.2) is 0 Å². The molecule has 5 fully saturated rings. The standard InChI is InChI=1S/C16H20Br4/c17-11-3-1-5-13(7-11)15(19,9-11)14-6-2-4-12(18,8-14)10-16(13,14)20/h1-10H2/t11-,12-,13?,14?,15?,16?/m1/s1. The number of hydrogen-bond acceptors (Lipinski definition) is 0. The molecule has 0 aliphatic heterocycles. The fourth-order valence-electron chi connectivity index (χ4n) is 7.54. The van der Waals surface area contributed by atoms with E-state index in [9.17, 15) is 0 Å². The maximum atomic E-state index is 4.39. The maximum Gasteiger partial charge on any atom is 0.0411 e. The maximum absolute atomic E-state index is 4.39. The summed E-state index contributed by atoms with van der Waals surface area (Å²) in [6.45, 7) is 0. The zero-order valence-electron chi connectivity index (χ0n) is 11.6. The number of halogens is 4. The second kappa shape index (κ2) is 3.61. The highest BCUT2D eigenvalue weighted by molar-refractivity contribution is 9.11. The third kappa shape index (κ3) is 1.17. The van der Waals surface area contributed by atoms with Gasteiger partial charge in [0.2, 0.25) is 0 Å². The topological polar surface area (TPSA) is 0 Å². The van der Waals surface area contributed by atoms with E-state index in [1.54, 1.807) is 0 Å². The Kier molecular flexibility index (Phi) is 2.58. The molecule has 0 heterocycles. The highest BCUT2D eigenvalue weighted by Gasteiger charge is 2.92. The Morgan fingerprint density at radius 2 is 0.900 bits per heavy atom. The Morgan fingerprint density at radius 3 is 1.30 bits per heavy atom. The Bertz CT molecular complexity index is 461. The van der Waals surface area contributed by atoms with Crippen molar-refractivity contribution in [2.75, 3.05) is 0 Å². The third-order valence-corrected chi connectivity index (χ3v) is 13.4. The predicted molar refractivity (Wildman–Crippen MR) is 97.7 cm³/mol. The molecule has 20 heavy (non-hydrogen) atoms. The Hall–Kier alpha value is 1.92. The first kappa shape index (κ1) is 14.3. The van der Waals surface area contributed by atoms with Crippen molar-refractivity contribution in [3.05, 3.63) is 0 Å². The Labute approximate surface area is 155 Å². The molecule has 4 bridgehead atoms. The molecule has 0 aromatic rings. The fraction of sp³-hybridized carbons (Fsp3) is 1.00. The molecule has 0 aromatic heterocycles. The van der Waals surface area contributed by atoms with Gasteiger partial charge in [0, 0.05) is 28.1 Å². The Morgan fingerprint density at radius 1 is 0.500 bits per heavy atom. The van der Waals surface area contributed by atoms with Gasteiger partial charge in [0.15, 0.2) is 0 Å². The number of fused-ring (bicyclic) bond motifs is 2. The average molecular weight is 532 g/mol. The quantitative estimate of drug-likeness (QED) is 0.315. The van der Waals surface area contributed by atoms with Crippen LogP contribution in [0.4, 0.5) is 0 Å². The van der Waals surface area contributed by atoms with Crippen LogP contribution in [0.1, 0.15) is 64.2 Å². The molecule has 2 spiro atoms.